The van der Waals surface area contributed by atoms with Gasteiger partial charge in [-0.3, -0.25) is 14.6 Å². The molecule has 10 heteroatoms. The summed E-state index contributed by atoms with van der Waals surface area (Å²) in [5, 5.41) is 9.75. The van der Waals surface area contributed by atoms with Crippen molar-refractivity contribution >= 4 is 29.2 Å². The lowest BCUT2D eigenvalue weighted by molar-refractivity contribution is -0.135. The molecule has 3 heterocycles. The molecule has 2 amide bonds. The van der Waals surface area contributed by atoms with Crippen LogP contribution < -0.4 is 5.01 Å². The Kier molecular flexibility index (Phi) is 6.20. The maximum atomic E-state index is 13.4. The average molecular weight is 439 g/mol. The third-order valence-corrected chi connectivity index (χ3v) is 5.44. The van der Waals surface area contributed by atoms with Crippen LogP contribution in [0.1, 0.15) is 29.6 Å². The van der Waals surface area contributed by atoms with Crippen LogP contribution in [0.25, 0.3) is 0 Å². The highest BCUT2D eigenvalue weighted by Gasteiger charge is 2.40. The maximum absolute atomic E-state index is 13.4. The summed E-state index contributed by atoms with van der Waals surface area (Å²) in [5.74, 6) is -0.695. The van der Waals surface area contributed by atoms with Crippen LogP contribution in [0.3, 0.4) is 0 Å². The molecule has 0 aliphatic carbocycles. The van der Waals surface area contributed by atoms with E-state index in [1.54, 1.807) is 34.7 Å². The molecule has 1 atom stereocenters. The monoisotopic (exact) mass is 439 g/mol. The number of para-hydroxylation sites is 1. The summed E-state index contributed by atoms with van der Waals surface area (Å²) in [6.45, 7) is 5.25. The zero-order chi connectivity index (χ0) is 22.7. The quantitative estimate of drug-likeness (QED) is 0.649. The van der Waals surface area contributed by atoms with Gasteiger partial charge in [0.2, 0.25) is 11.7 Å². The minimum Gasteiger partial charge on any atom is -0.461 e. The molecule has 1 unspecified atom stereocenters. The van der Waals surface area contributed by atoms with Crippen molar-refractivity contribution in [3.8, 4) is 0 Å². The summed E-state index contributed by atoms with van der Waals surface area (Å²) in [6, 6.07) is 10.2. The van der Waals surface area contributed by atoms with Crippen LogP contribution in [0.2, 0.25) is 0 Å². The van der Waals surface area contributed by atoms with Crippen LogP contribution in [0.4, 0.5) is 5.69 Å². The normalized spacial score (nSPS) is 18.5. The van der Waals surface area contributed by atoms with Gasteiger partial charge in [0, 0.05) is 38.7 Å². The second kappa shape index (κ2) is 9.21. The molecule has 168 valence electrons. The molecule has 0 bridgehead atoms. The molecule has 10 nitrogen and oxygen atoms in total. The molecule has 2 aliphatic rings. The van der Waals surface area contributed by atoms with E-state index >= 15 is 0 Å². The van der Waals surface area contributed by atoms with Gasteiger partial charge in [0.1, 0.15) is 11.8 Å². The Balaban J connectivity index is 1.45. The molecule has 0 radical (unpaired) electrons. The predicted octanol–water partition coefficient (Wildman–Crippen LogP) is 1.47. The van der Waals surface area contributed by atoms with Gasteiger partial charge >= 0.3 is 5.97 Å². The fourth-order valence-corrected chi connectivity index (χ4v) is 3.82. The van der Waals surface area contributed by atoms with Crippen LogP contribution in [0.15, 0.2) is 46.0 Å². The highest BCUT2D eigenvalue weighted by molar-refractivity contribution is 6.38. The highest BCUT2D eigenvalue weighted by atomic mass is 16.5. The Labute approximate surface area is 185 Å². The van der Waals surface area contributed by atoms with Crippen LogP contribution in [-0.4, -0.2) is 77.3 Å². The summed E-state index contributed by atoms with van der Waals surface area (Å²) < 4.78 is 10.2. The number of amides is 2. The average Bonchev–Trinajstić information content (AvgIpc) is 3.46. The third kappa shape index (κ3) is 4.34. The van der Waals surface area contributed by atoms with Crippen molar-refractivity contribution in [3.05, 3.63) is 47.9 Å². The molecule has 0 saturated carbocycles. The number of piperazine rings is 1. The van der Waals surface area contributed by atoms with Gasteiger partial charge < -0.3 is 19.1 Å². The van der Waals surface area contributed by atoms with Crippen molar-refractivity contribution in [2.24, 2.45) is 5.10 Å². The topological polar surface area (TPSA) is 109 Å². The SMILES string of the molecule is CCOC(=O)C1=NN(c2ccccc2)C(C(=O)N2CCN(C(=O)c3cc(C)no3)CC2)C1. The molecule has 2 aromatic rings. The number of hydrazone groups is 1. The van der Waals surface area contributed by atoms with Gasteiger partial charge in [0.15, 0.2) is 0 Å². The molecule has 0 N–H and O–H groups in total. The molecular formula is C22H25N5O5. The first kappa shape index (κ1) is 21.5. The number of carbonyl (C=O) groups excluding carboxylic acids is 3. The van der Waals surface area contributed by atoms with Crippen LogP contribution in [0.5, 0.6) is 0 Å². The Morgan fingerprint density at radius 3 is 2.41 bits per heavy atom. The summed E-state index contributed by atoms with van der Waals surface area (Å²) >= 11 is 0. The first-order valence-electron chi connectivity index (χ1n) is 10.6. The highest BCUT2D eigenvalue weighted by Crippen LogP contribution is 2.26. The van der Waals surface area contributed by atoms with Gasteiger partial charge in [0.05, 0.1) is 18.0 Å². The number of aromatic nitrogens is 1. The van der Waals surface area contributed by atoms with Crippen molar-refractivity contribution in [2.45, 2.75) is 26.3 Å². The van der Waals surface area contributed by atoms with E-state index in [0.717, 1.165) is 5.69 Å². The van der Waals surface area contributed by atoms with E-state index in [1.165, 1.54) is 0 Å². The van der Waals surface area contributed by atoms with Crippen LogP contribution in [0, 0.1) is 6.92 Å². The molecule has 0 spiro atoms. The zero-order valence-electron chi connectivity index (χ0n) is 18.1. The molecule has 32 heavy (non-hydrogen) atoms. The summed E-state index contributed by atoms with van der Waals surface area (Å²) in [7, 11) is 0. The van der Waals surface area contributed by atoms with E-state index in [9.17, 15) is 14.4 Å². The first-order chi connectivity index (χ1) is 15.5. The van der Waals surface area contributed by atoms with Gasteiger partial charge in [-0.2, -0.15) is 5.10 Å². The number of aryl methyl sites for hydroxylation is 1. The van der Waals surface area contributed by atoms with Crippen LogP contribution >= 0.6 is 0 Å². The lowest BCUT2D eigenvalue weighted by atomic mass is 10.1. The fraction of sp³-hybridized carbons (Fsp3) is 0.409. The standard InChI is InChI=1S/C22H25N5O5/c1-3-31-22(30)17-14-18(27(23-17)16-7-5-4-6-8-16)20(28)25-9-11-26(12-10-25)21(29)19-13-15(2)24-32-19/h4-8,13,18H,3,9-12,14H2,1-2H3. The molecular weight excluding hydrogens is 414 g/mol. The molecule has 2 aliphatic heterocycles. The minimum atomic E-state index is -0.643. The molecule has 1 fully saturated rings. The van der Waals surface area contributed by atoms with Gasteiger partial charge in [-0.05, 0) is 26.0 Å². The number of ether oxygens (including phenoxy) is 1. The number of anilines is 1. The largest absolute Gasteiger partial charge is 0.461 e. The Morgan fingerprint density at radius 2 is 1.78 bits per heavy atom. The van der Waals surface area contributed by atoms with E-state index in [2.05, 4.69) is 10.3 Å². The smallest absolute Gasteiger partial charge is 0.354 e. The van der Waals surface area contributed by atoms with Crippen molar-refractivity contribution in [1.82, 2.24) is 15.0 Å². The number of rotatable bonds is 5. The first-order valence-corrected chi connectivity index (χ1v) is 10.6. The van der Waals surface area contributed by atoms with E-state index in [-0.39, 0.29) is 36.3 Å². The van der Waals surface area contributed by atoms with E-state index < -0.39 is 12.0 Å². The summed E-state index contributed by atoms with van der Waals surface area (Å²) in [5.41, 5.74) is 1.59. The molecule has 1 saturated heterocycles. The summed E-state index contributed by atoms with van der Waals surface area (Å²) in [6.07, 6.45) is 0.170. The maximum Gasteiger partial charge on any atom is 0.354 e. The number of nitrogens with zero attached hydrogens (tertiary/aromatic N) is 5. The van der Waals surface area contributed by atoms with Gasteiger partial charge in [-0.25, -0.2) is 4.79 Å². The lowest BCUT2D eigenvalue weighted by Crippen LogP contribution is -2.54. The third-order valence-electron chi connectivity index (χ3n) is 5.44. The van der Waals surface area contributed by atoms with Crippen molar-refractivity contribution in [3.63, 3.8) is 0 Å². The summed E-state index contributed by atoms with van der Waals surface area (Å²) in [4.78, 5) is 41.6. The van der Waals surface area contributed by atoms with Gasteiger partial charge in [-0.15, -0.1) is 0 Å². The van der Waals surface area contributed by atoms with Crippen LogP contribution in [-0.2, 0) is 14.3 Å². The number of carbonyl (C=O) groups is 3. The lowest BCUT2D eigenvalue weighted by Gasteiger charge is -2.36. The van der Waals surface area contributed by atoms with E-state index in [1.807, 2.05) is 30.3 Å². The minimum absolute atomic E-state index is 0.139. The fourth-order valence-electron chi connectivity index (χ4n) is 3.82. The van der Waals surface area contributed by atoms with Crippen molar-refractivity contribution in [2.75, 3.05) is 37.8 Å². The van der Waals surface area contributed by atoms with E-state index in [0.29, 0.717) is 31.9 Å². The van der Waals surface area contributed by atoms with Crippen molar-refractivity contribution < 1.29 is 23.6 Å². The number of benzene rings is 1. The molecule has 4 rings (SSSR count). The van der Waals surface area contributed by atoms with Gasteiger partial charge in [-0.1, -0.05) is 23.4 Å². The molecule has 1 aromatic heterocycles. The van der Waals surface area contributed by atoms with E-state index in [4.69, 9.17) is 9.26 Å². The van der Waals surface area contributed by atoms with Crippen molar-refractivity contribution in [1.29, 1.82) is 0 Å². The Bertz CT molecular complexity index is 1030. The second-order valence-electron chi connectivity index (χ2n) is 7.62. The predicted molar refractivity (Wildman–Crippen MR) is 115 cm³/mol. The Hall–Kier alpha value is -3.69. The second-order valence-corrected chi connectivity index (χ2v) is 7.62. The number of hydrogen-bond acceptors (Lipinski definition) is 8. The zero-order valence-corrected chi connectivity index (χ0v) is 18.1. The number of hydrogen-bond donors (Lipinski definition) is 0. The van der Waals surface area contributed by atoms with Gasteiger partial charge in [0.25, 0.3) is 5.91 Å². The Morgan fingerprint density at radius 1 is 1.09 bits per heavy atom. The molecule has 1 aromatic carbocycles. The number of esters is 1.